The van der Waals surface area contributed by atoms with Crippen molar-refractivity contribution in [2.24, 2.45) is 0 Å². The van der Waals surface area contributed by atoms with Gasteiger partial charge in [-0.15, -0.1) is 5.10 Å². The molecule has 26 heavy (non-hydrogen) atoms. The molecule has 2 aromatic heterocycles. The molecule has 1 amide bonds. The van der Waals surface area contributed by atoms with Crippen LogP contribution in [0.15, 0.2) is 36.7 Å². The number of likely N-dealkylation sites (tertiary alicyclic amines) is 1. The van der Waals surface area contributed by atoms with Crippen molar-refractivity contribution < 1.29 is 9.18 Å². The molecule has 0 N–H and O–H groups in total. The van der Waals surface area contributed by atoms with E-state index in [1.807, 2.05) is 0 Å². The molecule has 1 aliphatic rings. The third-order valence-electron chi connectivity index (χ3n) is 4.20. The van der Waals surface area contributed by atoms with Gasteiger partial charge in [0, 0.05) is 31.0 Å². The Morgan fingerprint density at radius 1 is 1.12 bits per heavy atom. The van der Waals surface area contributed by atoms with E-state index < -0.39 is 0 Å². The van der Waals surface area contributed by atoms with Gasteiger partial charge in [0.15, 0.2) is 0 Å². The molecule has 3 aromatic rings. The van der Waals surface area contributed by atoms with Gasteiger partial charge in [-0.25, -0.2) is 13.9 Å². The van der Waals surface area contributed by atoms with Crippen LogP contribution in [0.2, 0.25) is 0 Å². The first kappa shape index (κ1) is 16.2. The summed E-state index contributed by atoms with van der Waals surface area (Å²) in [7, 11) is 0. The van der Waals surface area contributed by atoms with Crippen molar-refractivity contribution in [1.29, 1.82) is 0 Å². The maximum atomic E-state index is 13.2. The molecule has 7 heteroatoms. The Morgan fingerprint density at radius 2 is 1.92 bits per heavy atom. The zero-order valence-corrected chi connectivity index (χ0v) is 14.0. The van der Waals surface area contributed by atoms with Gasteiger partial charge in [-0.2, -0.15) is 4.98 Å². The summed E-state index contributed by atoms with van der Waals surface area (Å²) in [5.74, 6) is 5.80. The highest BCUT2D eigenvalue weighted by atomic mass is 19.1. The van der Waals surface area contributed by atoms with Crippen molar-refractivity contribution in [2.45, 2.75) is 19.3 Å². The van der Waals surface area contributed by atoms with Gasteiger partial charge in [0.1, 0.15) is 5.82 Å². The van der Waals surface area contributed by atoms with Crippen LogP contribution in [0.1, 0.15) is 41.0 Å². The Morgan fingerprint density at radius 3 is 2.73 bits per heavy atom. The van der Waals surface area contributed by atoms with Crippen LogP contribution in [0.4, 0.5) is 4.39 Å². The van der Waals surface area contributed by atoms with E-state index in [1.165, 1.54) is 16.6 Å². The third-order valence-corrected chi connectivity index (χ3v) is 4.20. The first-order valence-electron chi connectivity index (χ1n) is 8.48. The summed E-state index contributed by atoms with van der Waals surface area (Å²) in [5, 5.41) is 4.24. The maximum absolute atomic E-state index is 13.2. The quantitative estimate of drug-likeness (QED) is 0.633. The van der Waals surface area contributed by atoms with E-state index in [4.69, 9.17) is 0 Å². The Hall–Kier alpha value is -3.27. The molecule has 6 nitrogen and oxygen atoms in total. The molecule has 0 spiro atoms. The van der Waals surface area contributed by atoms with Crippen molar-refractivity contribution in [3.8, 4) is 11.8 Å². The van der Waals surface area contributed by atoms with Gasteiger partial charge >= 0.3 is 0 Å². The lowest BCUT2D eigenvalue weighted by molar-refractivity contribution is 0.0712. The van der Waals surface area contributed by atoms with Gasteiger partial charge in [0.05, 0.1) is 5.56 Å². The molecule has 0 atom stereocenters. The number of halogens is 1. The molecular weight excluding hydrogens is 333 g/mol. The number of nitrogens with zero attached hydrogens (tertiary/aromatic N) is 5. The van der Waals surface area contributed by atoms with Gasteiger partial charge < -0.3 is 4.90 Å². The van der Waals surface area contributed by atoms with Gasteiger partial charge in [-0.05, 0) is 37.5 Å². The van der Waals surface area contributed by atoms with Crippen LogP contribution >= 0.6 is 0 Å². The summed E-state index contributed by atoms with van der Waals surface area (Å²) in [6.45, 7) is 1.48. The number of piperidine rings is 1. The predicted molar refractivity (Wildman–Crippen MR) is 92.9 cm³/mol. The fourth-order valence-electron chi connectivity index (χ4n) is 2.89. The van der Waals surface area contributed by atoms with Crippen LogP contribution in [0.25, 0.3) is 5.78 Å². The number of carbonyl (C=O) groups is 1. The molecule has 0 unspecified atom stereocenters. The minimum absolute atomic E-state index is 0.148. The number of benzene rings is 1. The lowest BCUT2D eigenvalue weighted by atomic mass is 10.1. The third kappa shape index (κ3) is 3.40. The Balaban J connectivity index is 1.59. The highest BCUT2D eigenvalue weighted by Gasteiger charge is 2.22. The first-order chi connectivity index (χ1) is 12.7. The van der Waals surface area contributed by atoms with E-state index in [-0.39, 0.29) is 17.5 Å². The van der Waals surface area contributed by atoms with E-state index in [0.717, 1.165) is 32.4 Å². The number of fused-ring (bicyclic) bond motifs is 1. The lowest BCUT2D eigenvalue weighted by Crippen LogP contribution is -2.36. The number of hydrogen-bond donors (Lipinski definition) is 0. The molecule has 1 aromatic carbocycles. The Kier molecular flexibility index (Phi) is 4.32. The van der Waals surface area contributed by atoms with Crippen LogP contribution in [0, 0.1) is 17.7 Å². The molecule has 3 heterocycles. The van der Waals surface area contributed by atoms with E-state index in [9.17, 15) is 9.18 Å². The topological polar surface area (TPSA) is 63.4 Å². The number of hydrogen-bond acceptors (Lipinski definition) is 4. The molecule has 1 fully saturated rings. The van der Waals surface area contributed by atoms with E-state index in [0.29, 0.717) is 16.9 Å². The standard InChI is InChI=1S/C19H16FN5O/c20-16-6-4-5-14(11-16)7-8-15-12-21-19-22-17(23-25(19)13-15)18(26)24-9-2-1-3-10-24/h4-6,11-13H,1-3,9-10H2. The van der Waals surface area contributed by atoms with E-state index in [1.54, 1.807) is 29.4 Å². The van der Waals surface area contributed by atoms with Crippen molar-refractivity contribution >= 4 is 11.7 Å². The monoisotopic (exact) mass is 349 g/mol. The summed E-state index contributed by atoms with van der Waals surface area (Å²) in [6.07, 6.45) is 6.39. The number of carbonyl (C=O) groups excluding carboxylic acids is 1. The maximum Gasteiger partial charge on any atom is 0.293 e. The lowest BCUT2D eigenvalue weighted by Gasteiger charge is -2.25. The molecule has 4 rings (SSSR count). The highest BCUT2D eigenvalue weighted by molar-refractivity contribution is 5.90. The minimum atomic E-state index is -0.331. The molecule has 0 saturated carbocycles. The molecular formula is C19H16FN5O. The number of aromatic nitrogens is 4. The molecule has 1 aliphatic heterocycles. The second-order valence-electron chi connectivity index (χ2n) is 6.14. The molecule has 0 radical (unpaired) electrons. The van der Waals surface area contributed by atoms with Crippen molar-refractivity contribution in [2.75, 3.05) is 13.1 Å². The van der Waals surface area contributed by atoms with Gasteiger partial charge in [0.25, 0.3) is 11.7 Å². The average molecular weight is 349 g/mol. The summed E-state index contributed by atoms with van der Waals surface area (Å²) < 4.78 is 14.6. The van der Waals surface area contributed by atoms with Crippen molar-refractivity contribution in [3.63, 3.8) is 0 Å². The number of amides is 1. The normalized spacial score (nSPS) is 14.1. The van der Waals surface area contributed by atoms with Crippen LogP contribution in [-0.4, -0.2) is 43.5 Å². The zero-order valence-electron chi connectivity index (χ0n) is 14.0. The van der Waals surface area contributed by atoms with Crippen LogP contribution < -0.4 is 0 Å². The summed E-state index contributed by atoms with van der Waals surface area (Å²) >= 11 is 0. The van der Waals surface area contributed by atoms with Gasteiger partial charge in [-0.3, -0.25) is 4.79 Å². The first-order valence-corrected chi connectivity index (χ1v) is 8.48. The van der Waals surface area contributed by atoms with Crippen LogP contribution in [0.5, 0.6) is 0 Å². The average Bonchev–Trinajstić information content (AvgIpc) is 3.10. The Bertz CT molecular complexity index is 1030. The molecule has 1 saturated heterocycles. The summed E-state index contributed by atoms with van der Waals surface area (Å²) in [5.41, 5.74) is 1.17. The van der Waals surface area contributed by atoms with Gasteiger partial charge in [0.2, 0.25) is 5.82 Å². The van der Waals surface area contributed by atoms with Crippen molar-refractivity contribution in [1.82, 2.24) is 24.5 Å². The SMILES string of the molecule is O=C(c1nc2ncc(C#Cc3cccc(F)c3)cn2n1)N1CCCCC1. The van der Waals surface area contributed by atoms with Crippen LogP contribution in [0.3, 0.4) is 0 Å². The van der Waals surface area contributed by atoms with Gasteiger partial charge in [-0.1, -0.05) is 17.9 Å². The molecule has 0 aliphatic carbocycles. The van der Waals surface area contributed by atoms with E-state index in [2.05, 4.69) is 26.9 Å². The minimum Gasteiger partial charge on any atom is -0.336 e. The number of rotatable bonds is 1. The second-order valence-corrected chi connectivity index (χ2v) is 6.14. The smallest absolute Gasteiger partial charge is 0.293 e. The second kappa shape index (κ2) is 6.92. The molecule has 130 valence electrons. The zero-order chi connectivity index (χ0) is 17.9. The largest absolute Gasteiger partial charge is 0.336 e. The fourth-order valence-corrected chi connectivity index (χ4v) is 2.89. The molecule has 0 bridgehead atoms. The van der Waals surface area contributed by atoms with E-state index >= 15 is 0 Å². The Labute approximate surface area is 149 Å². The summed E-state index contributed by atoms with van der Waals surface area (Å²) in [6, 6.07) is 6.07. The fraction of sp³-hybridized carbons (Fsp3) is 0.263. The summed E-state index contributed by atoms with van der Waals surface area (Å²) in [4.78, 5) is 22.7. The van der Waals surface area contributed by atoms with Crippen molar-refractivity contribution in [3.05, 3.63) is 59.4 Å². The van der Waals surface area contributed by atoms with Crippen LogP contribution in [-0.2, 0) is 0 Å². The predicted octanol–water partition coefficient (Wildman–Crippen LogP) is 2.29. The highest BCUT2D eigenvalue weighted by Crippen LogP contribution is 2.12.